The van der Waals surface area contributed by atoms with E-state index in [2.05, 4.69) is 20.7 Å². The van der Waals surface area contributed by atoms with Gasteiger partial charge in [-0.3, -0.25) is 4.72 Å². The number of nitrogens with two attached hydrogens (primary N) is 1. The molecule has 0 aliphatic carbocycles. The summed E-state index contributed by atoms with van der Waals surface area (Å²) in [6, 6.07) is 14.0. The number of hydrogen-bond acceptors (Lipinski definition) is 3. The van der Waals surface area contributed by atoms with Crippen LogP contribution in [0.25, 0.3) is 0 Å². The Balaban J connectivity index is 2.27. The van der Waals surface area contributed by atoms with Crippen LogP contribution in [0.4, 0.5) is 5.69 Å². The van der Waals surface area contributed by atoms with E-state index in [1.54, 1.807) is 42.5 Å². The number of halogens is 1. The summed E-state index contributed by atoms with van der Waals surface area (Å²) in [7, 11) is -3.54. The van der Waals surface area contributed by atoms with Gasteiger partial charge in [-0.15, -0.1) is 0 Å². The van der Waals surface area contributed by atoms with Crippen LogP contribution >= 0.6 is 28.1 Å². The van der Waals surface area contributed by atoms with Crippen LogP contribution in [-0.4, -0.2) is 13.4 Å². The molecule has 4 nitrogen and oxygen atoms in total. The predicted molar refractivity (Wildman–Crippen MR) is 92.7 cm³/mol. The lowest BCUT2D eigenvalue weighted by Gasteiger charge is -2.12. The quantitative estimate of drug-likeness (QED) is 0.777. The molecule has 0 saturated carbocycles. The van der Waals surface area contributed by atoms with Crippen molar-refractivity contribution in [3.63, 3.8) is 0 Å². The Morgan fingerprint density at radius 2 is 1.86 bits per heavy atom. The van der Waals surface area contributed by atoms with Crippen LogP contribution in [0, 0.1) is 0 Å². The van der Waals surface area contributed by atoms with E-state index >= 15 is 0 Å². The molecule has 2 aromatic rings. The molecule has 2 rings (SSSR count). The number of thiocarbonyl (C=S) groups is 1. The van der Waals surface area contributed by atoms with E-state index in [0.717, 1.165) is 4.47 Å². The summed E-state index contributed by atoms with van der Waals surface area (Å²) >= 11 is 8.26. The first-order chi connectivity index (χ1) is 9.87. The molecule has 3 N–H and O–H groups in total. The van der Waals surface area contributed by atoms with Crippen LogP contribution in [0.3, 0.4) is 0 Å². The summed E-state index contributed by atoms with van der Waals surface area (Å²) in [4.78, 5) is 0.133. The highest BCUT2D eigenvalue weighted by molar-refractivity contribution is 9.10. The van der Waals surface area contributed by atoms with Gasteiger partial charge in [0.05, 0.1) is 11.4 Å². The minimum Gasteiger partial charge on any atom is -0.389 e. The zero-order valence-electron chi connectivity index (χ0n) is 10.9. The Hall–Kier alpha value is -1.44. The van der Waals surface area contributed by atoms with E-state index < -0.39 is 10.0 Å². The Morgan fingerprint density at radius 1 is 1.19 bits per heavy atom. The van der Waals surface area contributed by atoms with E-state index in [1.165, 1.54) is 0 Å². The number of rotatable bonds is 5. The number of anilines is 1. The van der Waals surface area contributed by atoms with Crippen LogP contribution in [0.5, 0.6) is 0 Å². The van der Waals surface area contributed by atoms with E-state index in [9.17, 15) is 8.42 Å². The van der Waals surface area contributed by atoms with Crippen molar-refractivity contribution in [3.05, 3.63) is 64.1 Å². The fourth-order valence-electron chi connectivity index (χ4n) is 1.81. The second kappa shape index (κ2) is 6.55. The molecule has 110 valence electrons. The molecule has 0 heterocycles. The highest BCUT2D eigenvalue weighted by Crippen LogP contribution is 2.22. The summed E-state index contributed by atoms with van der Waals surface area (Å²) in [6.45, 7) is 0. The summed E-state index contributed by atoms with van der Waals surface area (Å²) in [5, 5.41) is 0. The summed E-state index contributed by atoms with van der Waals surface area (Å²) in [5.41, 5.74) is 7.20. The van der Waals surface area contributed by atoms with Gasteiger partial charge >= 0.3 is 0 Å². The molecule has 0 saturated heterocycles. The maximum atomic E-state index is 12.2. The third kappa shape index (κ3) is 4.52. The molecule has 2 aromatic carbocycles. The van der Waals surface area contributed by atoms with Crippen molar-refractivity contribution in [2.45, 2.75) is 5.75 Å². The molecule has 21 heavy (non-hydrogen) atoms. The number of sulfonamides is 1. The molecule has 0 radical (unpaired) electrons. The van der Waals surface area contributed by atoms with Gasteiger partial charge in [-0.1, -0.05) is 58.5 Å². The van der Waals surface area contributed by atoms with E-state index in [1.807, 2.05) is 6.07 Å². The summed E-state index contributed by atoms with van der Waals surface area (Å²) in [5.74, 6) is -0.110. The maximum absolute atomic E-state index is 12.2. The standard InChI is InChI=1S/C14H13BrN2O2S2/c15-11-6-7-13(12(8-11)14(16)20)17-21(18,19)9-10-4-2-1-3-5-10/h1-8,17H,9H2,(H2,16,20). The van der Waals surface area contributed by atoms with Crippen molar-refractivity contribution in [3.8, 4) is 0 Å². The van der Waals surface area contributed by atoms with Crippen LogP contribution in [0.15, 0.2) is 53.0 Å². The van der Waals surface area contributed by atoms with E-state index in [4.69, 9.17) is 18.0 Å². The minimum absolute atomic E-state index is 0.110. The average Bonchev–Trinajstić information content (AvgIpc) is 2.41. The molecular formula is C14H13BrN2O2S2. The molecule has 0 aromatic heterocycles. The van der Waals surface area contributed by atoms with Crippen molar-refractivity contribution in [1.82, 2.24) is 0 Å². The Labute approximate surface area is 137 Å². The lowest BCUT2D eigenvalue weighted by atomic mass is 10.2. The van der Waals surface area contributed by atoms with E-state index in [-0.39, 0.29) is 10.7 Å². The fourth-order valence-corrected chi connectivity index (χ4v) is 3.55. The van der Waals surface area contributed by atoms with Gasteiger partial charge in [-0.05, 0) is 23.8 Å². The Bertz CT molecular complexity index is 762. The first-order valence-corrected chi connectivity index (χ1v) is 8.86. The lowest BCUT2D eigenvalue weighted by molar-refractivity contribution is 0.600. The first-order valence-electron chi connectivity index (χ1n) is 6.01. The van der Waals surface area contributed by atoms with Gasteiger partial charge in [-0.25, -0.2) is 8.42 Å². The topological polar surface area (TPSA) is 72.2 Å². The minimum atomic E-state index is -3.54. The molecule has 0 aliphatic heterocycles. The zero-order valence-corrected chi connectivity index (χ0v) is 14.1. The van der Waals surface area contributed by atoms with Crippen LogP contribution in [0.1, 0.15) is 11.1 Å². The largest absolute Gasteiger partial charge is 0.389 e. The first kappa shape index (κ1) is 15.9. The van der Waals surface area contributed by atoms with Crippen LogP contribution in [0.2, 0.25) is 0 Å². The van der Waals surface area contributed by atoms with Crippen molar-refractivity contribution < 1.29 is 8.42 Å². The number of nitrogens with one attached hydrogen (secondary N) is 1. The molecule has 0 fully saturated rings. The molecule has 7 heteroatoms. The highest BCUT2D eigenvalue weighted by atomic mass is 79.9. The van der Waals surface area contributed by atoms with Gasteiger partial charge in [0.2, 0.25) is 10.0 Å². The monoisotopic (exact) mass is 384 g/mol. The molecule has 0 unspecified atom stereocenters. The molecule has 0 amide bonds. The average molecular weight is 385 g/mol. The summed E-state index contributed by atoms with van der Waals surface area (Å²) in [6.07, 6.45) is 0. The lowest BCUT2D eigenvalue weighted by Crippen LogP contribution is -2.19. The van der Waals surface area contributed by atoms with Crippen molar-refractivity contribution in [2.24, 2.45) is 5.73 Å². The molecule has 0 spiro atoms. The number of benzene rings is 2. The second-order valence-corrected chi connectivity index (χ2v) is 7.48. The van der Waals surface area contributed by atoms with Crippen molar-refractivity contribution in [2.75, 3.05) is 4.72 Å². The SMILES string of the molecule is NC(=S)c1cc(Br)ccc1NS(=O)(=O)Cc1ccccc1. The summed E-state index contributed by atoms with van der Waals surface area (Å²) < 4.78 is 27.7. The Kier molecular flexibility index (Phi) is 4.97. The van der Waals surface area contributed by atoms with Crippen LogP contribution in [-0.2, 0) is 15.8 Å². The van der Waals surface area contributed by atoms with Gasteiger partial charge in [0.15, 0.2) is 0 Å². The predicted octanol–water partition coefficient (Wildman–Crippen LogP) is 3.03. The van der Waals surface area contributed by atoms with Crippen molar-refractivity contribution in [1.29, 1.82) is 0 Å². The molecule has 0 aliphatic rings. The van der Waals surface area contributed by atoms with Gasteiger partial charge in [-0.2, -0.15) is 0 Å². The van der Waals surface area contributed by atoms with Gasteiger partial charge in [0.25, 0.3) is 0 Å². The van der Waals surface area contributed by atoms with Gasteiger partial charge < -0.3 is 5.73 Å². The second-order valence-electron chi connectivity index (χ2n) is 4.40. The molecule has 0 bridgehead atoms. The highest BCUT2D eigenvalue weighted by Gasteiger charge is 2.15. The van der Waals surface area contributed by atoms with E-state index in [0.29, 0.717) is 16.8 Å². The maximum Gasteiger partial charge on any atom is 0.236 e. The van der Waals surface area contributed by atoms with Gasteiger partial charge in [0.1, 0.15) is 4.99 Å². The third-order valence-electron chi connectivity index (χ3n) is 2.71. The number of hydrogen-bond donors (Lipinski definition) is 2. The smallest absolute Gasteiger partial charge is 0.236 e. The van der Waals surface area contributed by atoms with Gasteiger partial charge in [0, 0.05) is 10.0 Å². The Morgan fingerprint density at radius 3 is 2.48 bits per heavy atom. The fraction of sp³-hybridized carbons (Fsp3) is 0.0714. The van der Waals surface area contributed by atoms with Crippen LogP contribution < -0.4 is 10.5 Å². The zero-order chi connectivity index (χ0) is 15.5. The van der Waals surface area contributed by atoms with Crippen molar-refractivity contribution >= 4 is 48.8 Å². The third-order valence-corrected chi connectivity index (χ3v) is 4.67. The molecular weight excluding hydrogens is 372 g/mol. The molecule has 0 atom stereocenters. The normalized spacial score (nSPS) is 11.1.